The number of aliphatic hydroxyl groups is 1. The number of carboxylic acids is 1. The van der Waals surface area contributed by atoms with Crippen molar-refractivity contribution in [3.63, 3.8) is 0 Å². The van der Waals surface area contributed by atoms with Crippen LogP contribution in [-0.2, 0) is 16.2 Å². The zero-order chi connectivity index (χ0) is 23.8. The molecule has 3 aromatic rings. The van der Waals surface area contributed by atoms with Crippen LogP contribution in [0.15, 0.2) is 52.1 Å². The van der Waals surface area contributed by atoms with Gasteiger partial charge in [-0.05, 0) is 44.5 Å². The van der Waals surface area contributed by atoms with Crippen molar-refractivity contribution in [3.05, 3.63) is 79.6 Å². The van der Waals surface area contributed by atoms with E-state index in [1.165, 1.54) is 18.2 Å². The molecule has 0 spiro atoms. The quantitative estimate of drug-likeness (QED) is 0.300. The van der Waals surface area contributed by atoms with Gasteiger partial charge in [-0.2, -0.15) is 4.84 Å². The molecule has 2 N–H and O–H groups in total. The van der Waals surface area contributed by atoms with E-state index in [1.807, 2.05) is 0 Å². The molecule has 170 valence electrons. The number of halogens is 2. The Morgan fingerprint density at radius 2 is 1.75 bits per heavy atom. The molecular formula is C22H23ClFN2O6+. The number of quaternary nitrogens is 1. The maximum atomic E-state index is 14.2. The van der Waals surface area contributed by atoms with Crippen LogP contribution in [0, 0.1) is 5.82 Å². The van der Waals surface area contributed by atoms with E-state index in [0.717, 1.165) is 4.68 Å². The number of nitrogens with zero attached hydrogens (tertiary/aromatic N) is 2. The SMILES string of the molecule is CC(C)(C)O[N@+](Cc1ccc(-c2cc(Cl)ccc2F)cc1)(CC(O)C(=O)O)n1c(=O)c1=O. The predicted octanol–water partition coefficient (Wildman–Crippen LogP) is 2.36. The van der Waals surface area contributed by atoms with Gasteiger partial charge < -0.3 is 10.2 Å². The summed E-state index contributed by atoms with van der Waals surface area (Å²) in [6.45, 7) is 4.33. The van der Waals surface area contributed by atoms with E-state index in [2.05, 4.69) is 0 Å². The van der Waals surface area contributed by atoms with Crippen molar-refractivity contribution in [1.29, 1.82) is 0 Å². The maximum Gasteiger partial charge on any atom is 0.373 e. The third-order valence-electron chi connectivity index (χ3n) is 4.69. The van der Waals surface area contributed by atoms with Crippen LogP contribution in [-0.4, -0.2) is 39.1 Å². The molecule has 1 unspecified atom stereocenters. The van der Waals surface area contributed by atoms with E-state index < -0.39 is 45.9 Å². The molecule has 0 aliphatic heterocycles. The Bertz CT molecular complexity index is 1180. The Morgan fingerprint density at radius 1 is 1.16 bits per heavy atom. The largest absolute Gasteiger partial charge is 0.479 e. The average Bonchev–Trinajstić information content (AvgIpc) is 3.29. The molecule has 2 atom stereocenters. The Hall–Kier alpha value is -2.85. The Kier molecular flexibility index (Phi) is 6.39. The maximum absolute atomic E-state index is 14.2. The monoisotopic (exact) mass is 465 g/mol. The van der Waals surface area contributed by atoms with Crippen molar-refractivity contribution in [2.75, 3.05) is 6.54 Å². The number of aliphatic carboxylic acids is 1. The third kappa shape index (κ3) is 5.13. The minimum absolute atomic E-state index is 0.128. The summed E-state index contributed by atoms with van der Waals surface area (Å²) < 4.78 is 14.1. The van der Waals surface area contributed by atoms with Gasteiger partial charge in [0, 0.05) is 16.1 Å². The van der Waals surface area contributed by atoms with Gasteiger partial charge in [-0.3, -0.25) is 9.59 Å². The van der Waals surface area contributed by atoms with Crippen molar-refractivity contribution in [1.82, 2.24) is 9.43 Å². The fourth-order valence-electron chi connectivity index (χ4n) is 3.44. The summed E-state index contributed by atoms with van der Waals surface area (Å²) in [5, 5.41) is 19.6. The number of hydrogen-bond acceptors (Lipinski definition) is 5. The van der Waals surface area contributed by atoms with Crippen LogP contribution in [0.5, 0.6) is 0 Å². The molecule has 0 aliphatic carbocycles. The number of aromatic nitrogens is 1. The fraction of sp³-hybridized carbons (Fsp3) is 0.318. The van der Waals surface area contributed by atoms with Gasteiger partial charge in [-0.1, -0.05) is 45.3 Å². The molecule has 0 radical (unpaired) electrons. The summed E-state index contributed by atoms with van der Waals surface area (Å²) in [6, 6.07) is 10.7. The molecule has 8 nitrogen and oxygen atoms in total. The highest BCUT2D eigenvalue weighted by molar-refractivity contribution is 6.30. The van der Waals surface area contributed by atoms with E-state index in [-0.39, 0.29) is 6.54 Å². The van der Waals surface area contributed by atoms with Gasteiger partial charge in [-0.25, -0.2) is 9.18 Å². The number of benzene rings is 2. The fourth-order valence-corrected chi connectivity index (χ4v) is 3.61. The van der Waals surface area contributed by atoms with E-state index in [1.54, 1.807) is 45.0 Å². The second kappa shape index (κ2) is 8.59. The molecule has 0 saturated heterocycles. The number of hydroxylamine groups is 2. The molecule has 32 heavy (non-hydrogen) atoms. The summed E-state index contributed by atoms with van der Waals surface area (Å²) in [5.41, 5.74) is -1.17. The van der Waals surface area contributed by atoms with Crippen LogP contribution in [0.4, 0.5) is 4.39 Å². The number of carboxylic acid groups (broad SMARTS) is 1. The summed E-state index contributed by atoms with van der Waals surface area (Å²) >= 11 is 5.96. The first-order valence-corrected chi connectivity index (χ1v) is 10.1. The topological polar surface area (TPSA) is 106 Å². The minimum Gasteiger partial charge on any atom is -0.479 e. The second-order valence-corrected chi connectivity index (χ2v) is 8.92. The highest BCUT2D eigenvalue weighted by Gasteiger charge is 2.48. The predicted molar refractivity (Wildman–Crippen MR) is 117 cm³/mol. The molecule has 0 saturated carbocycles. The molecule has 0 bridgehead atoms. The lowest BCUT2D eigenvalue weighted by Crippen LogP contribution is -2.64. The zero-order valence-corrected chi connectivity index (χ0v) is 18.5. The van der Waals surface area contributed by atoms with Gasteiger partial charge in [0.2, 0.25) is 6.10 Å². The lowest BCUT2D eigenvalue weighted by atomic mass is 10.0. The van der Waals surface area contributed by atoms with E-state index >= 15 is 0 Å². The first-order chi connectivity index (χ1) is 14.8. The van der Waals surface area contributed by atoms with Crippen LogP contribution < -0.4 is 15.9 Å². The van der Waals surface area contributed by atoms with Gasteiger partial charge in [0.25, 0.3) is 0 Å². The highest BCUT2D eigenvalue weighted by Crippen LogP contribution is 2.27. The van der Waals surface area contributed by atoms with Crippen LogP contribution in [0.3, 0.4) is 0 Å². The number of aliphatic hydroxyl groups excluding tert-OH is 1. The molecular weight excluding hydrogens is 443 g/mol. The van der Waals surface area contributed by atoms with E-state index in [0.29, 0.717) is 21.7 Å². The third-order valence-corrected chi connectivity index (χ3v) is 4.93. The minimum atomic E-state index is -1.89. The van der Waals surface area contributed by atoms with Crippen molar-refractivity contribution in [2.45, 2.75) is 39.0 Å². The molecule has 1 heterocycles. The molecule has 2 aromatic carbocycles. The van der Waals surface area contributed by atoms with Gasteiger partial charge in [0.15, 0.2) is 13.1 Å². The first kappa shape index (κ1) is 23.8. The summed E-state index contributed by atoms with van der Waals surface area (Å²) in [7, 11) is 0. The van der Waals surface area contributed by atoms with Gasteiger partial charge in [-0.15, -0.1) is 0 Å². The van der Waals surface area contributed by atoms with Gasteiger partial charge >= 0.3 is 17.1 Å². The molecule has 10 heteroatoms. The first-order valence-electron chi connectivity index (χ1n) is 9.75. The second-order valence-electron chi connectivity index (χ2n) is 8.49. The normalized spacial score (nSPS) is 14.9. The van der Waals surface area contributed by atoms with Crippen LogP contribution in [0.1, 0.15) is 26.3 Å². The number of hydrogen-bond donors (Lipinski definition) is 2. The molecule has 0 fully saturated rings. The average molecular weight is 466 g/mol. The molecule has 3 rings (SSSR count). The van der Waals surface area contributed by atoms with Crippen molar-refractivity contribution < 1.29 is 24.2 Å². The summed E-state index contributed by atoms with van der Waals surface area (Å²) in [5.74, 6) is -1.97. The molecule has 0 amide bonds. The van der Waals surface area contributed by atoms with Crippen molar-refractivity contribution in [2.24, 2.45) is 0 Å². The Balaban J connectivity index is 2.01. The van der Waals surface area contributed by atoms with E-state index in [4.69, 9.17) is 16.4 Å². The Morgan fingerprint density at radius 3 is 2.25 bits per heavy atom. The van der Waals surface area contributed by atoms with Crippen LogP contribution in [0.25, 0.3) is 11.1 Å². The zero-order valence-electron chi connectivity index (χ0n) is 17.7. The van der Waals surface area contributed by atoms with E-state index in [9.17, 15) is 29.0 Å². The lowest BCUT2D eigenvalue weighted by molar-refractivity contribution is -0.290. The smallest absolute Gasteiger partial charge is 0.373 e. The number of carbonyl (C=O) groups is 1. The summed E-state index contributed by atoms with van der Waals surface area (Å²) in [4.78, 5) is 41.3. The molecule has 1 aromatic heterocycles. The van der Waals surface area contributed by atoms with Gasteiger partial charge in [0.05, 0.1) is 0 Å². The summed E-state index contributed by atoms with van der Waals surface area (Å²) in [6.07, 6.45) is -1.89. The van der Waals surface area contributed by atoms with Crippen molar-refractivity contribution >= 4 is 17.6 Å². The van der Waals surface area contributed by atoms with Crippen LogP contribution in [0.2, 0.25) is 5.02 Å². The highest BCUT2D eigenvalue weighted by atomic mass is 35.5. The lowest BCUT2D eigenvalue weighted by Gasteiger charge is -2.37. The Labute approximate surface area is 187 Å². The van der Waals surface area contributed by atoms with Gasteiger partial charge in [0.1, 0.15) is 11.4 Å². The van der Waals surface area contributed by atoms with Crippen molar-refractivity contribution in [3.8, 4) is 11.1 Å². The van der Waals surface area contributed by atoms with Crippen LogP contribution >= 0.6 is 11.6 Å². The standard InChI is InChI=1S/C22H22ClFN2O6/c1-22(2,3)32-26(12-18(27)21(30)31,25-19(28)20(25)29)11-13-4-6-14(7-5-13)16-10-15(23)8-9-17(16)24/h4-10,18,27H,11-12H2,1-3H3/p+1/t18?,26-/m1/s1. The molecule has 0 aliphatic rings. The number of rotatable bonds is 8.